The molecular formula is C33H53N5O6. The van der Waals surface area contributed by atoms with Crippen LogP contribution in [0.3, 0.4) is 0 Å². The molecule has 0 radical (unpaired) electrons. The molecule has 5 amide bonds. The Labute approximate surface area is 261 Å². The molecule has 246 valence electrons. The van der Waals surface area contributed by atoms with Crippen molar-refractivity contribution >= 4 is 35.3 Å². The molecule has 5 N–H and O–H groups in total. The molecule has 11 nitrogen and oxygen atoms in total. The molecule has 3 saturated carbocycles. The molecule has 11 heteroatoms. The monoisotopic (exact) mass is 615 g/mol. The van der Waals surface area contributed by atoms with Crippen molar-refractivity contribution in [2.45, 2.75) is 129 Å². The summed E-state index contributed by atoms with van der Waals surface area (Å²) in [5.41, 5.74) is 4.58. The number of primary amides is 1. The average molecular weight is 616 g/mol. The molecule has 1 saturated heterocycles. The number of nitrogens with two attached hydrogens (primary N) is 1. The van der Waals surface area contributed by atoms with Gasteiger partial charge < -0.3 is 26.6 Å². The Morgan fingerprint density at radius 2 is 1.48 bits per heavy atom. The van der Waals surface area contributed by atoms with Gasteiger partial charge in [-0.15, -0.1) is 0 Å². The summed E-state index contributed by atoms with van der Waals surface area (Å²) >= 11 is 0. The summed E-state index contributed by atoms with van der Waals surface area (Å²) in [5, 5.41) is 8.59. The zero-order valence-electron chi connectivity index (χ0n) is 27.2. The maximum Gasteiger partial charge on any atom is 0.316 e. The number of urea groups is 1. The Morgan fingerprint density at radius 3 is 2.00 bits per heavy atom. The number of hydrogen-bond acceptors (Lipinski definition) is 6. The predicted octanol–water partition coefficient (Wildman–Crippen LogP) is 2.84. The molecule has 1 aliphatic heterocycles. The van der Waals surface area contributed by atoms with Gasteiger partial charge in [-0.3, -0.25) is 24.0 Å². The topological polar surface area (TPSA) is 168 Å². The van der Waals surface area contributed by atoms with E-state index in [2.05, 4.69) is 16.0 Å². The number of likely N-dealkylation sites (tertiary alicyclic amines) is 1. The lowest BCUT2D eigenvalue weighted by molar-refractivity contribution is -0.143. The molecule has 3 aliphatic carbocycles. The van der Waals surface area contributed by atoms with Crippen LogP contribution in [-0.2, 0) is 24.0 Å². The van der Waals surface area contributed by atoms with Crippen LogP contribution in [-0.4, -0.2) is 70.9 Å². The van der Waals surface area contributed by atoms with E-state index in [9.17, 15) is 28.8 Å². The highest BCUT2D eigenvalue weighted by atomic mass is 16.2. The van der Waals surface area contributed by atoms with E-state index in [0.29, 0.717) is 19.4 Å². The number of amides is 5. The van der Waals surface area contributed by atoms with E-state index in [1.165, 1.54) is 4.90 Å². The third kappa shape index (κ3) is 8.59. The van der Waals surface area contributed by atoms with E-state index < -0.39 is 59.1 Å². The minimum Gasteiger partial charge on any atom is -0.363 e. The van der Waals surface area contributed by atoms with E-state index in [1.807, 2.05) is 34.6 Å². The third-order valence-electron chi connectivity index (χ3n) is 10.1. The van der Waals surface area contributed by atoms with Gasteiger partial charge in [-0.1, -0.05) is 66.7 Å². The largest absolute Gasteiger partial charge is 0.363 e. The highest BCUT2D eigenvalue weighted by molar-refractivity contribution is 6.37. The van der Waals surface area contributed by atoms with Crippen molar-refractivity contribution in [2.24, 2.45) is 40.7 Å². The molecule has 44 heavy (non-hydrogen) atoms. The SMILES string of the molecule is CC(C)[C@@H]1C[C@@H](C(=O)NC(CC2CC2)C(=O)C(N)=O)N(C(=O)[C@@H](NC(=O)NC(C(=O)C2CC2)C2CCCCC2)C(C)(C)C)C1. The Balaban J connectivity index is 1.51. The fourth-order valence-electron chi connectivity index (χ4n) is 6.84. The number of hydrogen-bond donors (Lipinski definition) is 4. The lowest BCUT2D eigenvalue weighted by Crippen LogP contribution is -2.61. The second-order valence-corrected chi connectivity index (χ2v) is 15.2. The van der Waals surface area contributed by atoms with Crippen LogP contribution >= 0.6 is 0 Å². The maximum atomic E-state index is 14.3. The summed E-state index contributed by atoms with van der Waals surface area (Å²) in [6.07, 6.45) is 9.31. The number of carbonyl (C=O) groups excluding carboxylic acids is 6. The molecular weight excluding hydrogens is 562 g/mol. The average Bonchev–Trinajstić information content (AvgIpc) is 3.91. The number of nitrogens with zero attached hydrogens (tertiary/aromatic N) is 1. The maximum absolute atomic E-state index is 14.3. The van der Waals surface area contributed by atoms with Gasteiger partial charge in [0, 0.05) is 12.5 Å². The van der Waals surface area contributed by atoms with Crippen molar-refractivity contribution in [2.75, 3.05) is 6.54 Å². The molecule has 2 unspecified atom stereocenters. The Kier molecular flexibility index (Phi) is 10.8. The van der Waals surface area contributed by atoms with Gasteiger partial charge in [-0.2, -0.15) is 0 Å². The number of Topliss-reactive ketones (excluding diaryl/α,β-unsaturated/α-hetero) is 2. The van der Waals surface area contributed by atoms with Crippen molar-refractivity contribution < 1.29 is 28.8 Å². The second-order valence-electron chi connectivity index (χ2n) is 15.2. The quantitative estimate of drug-likeness (QED) is 0.232. The Bertz CT molecular complexity index is 1120. The highest BCUT2D eigenvalue weighted by Gasteiger charge is 2.47. The molecule has 0 aromatic carbocycles. The normalized spacial score (nSPS) is 24.7. The van der Waals surface area contributed by atoms with Crippen LogP contribution in [0.25, 0.3) is 0 Å². The Morgan fingerprint density at radius 1 is 0.841 bits per heavy atom. The Hall–Kier alpha value is -2.98. The first-order valence-corrected chi connectivity index (χ1v) is 16.7. The molecule has 4 aliphatic rings. The van der Waals surface area contributed by atoms with Crippen molar-refractivity contribution in [3.63, 3.8) is 0 Å². The first-order valence-electron chi connectivity index (χ1n) is 16.7. The fourth-order valence-corrected chi connectivity index (χ4v) is 6.84. The zero-order valence-corrected chi connectivity index (χ0v) is 27.2. The highest BCUT2D eigenvalue weighted by Crippen LogP contribution is 2.37. The molecule has 5 atom stereocenters. The van der Waals surface area contributed by atoms with Gasteiger partial charge in [0.05, 0.1) is 12.1 Å². The van der Waals surface area contributed by atoms with Gasteiger partial charge in [0.1, 0.15) is 12.1 Å². The van der Waals surface area contributed by atoms with Crippen LogP contribution in [0.2, 0.25) is 0 Å². The molecule has 0 bridgehead atoms. The number of ketones is 2. The first-order chi connectivity index (χ1) is 20.7. The van der Waals surface area contributed by atoms with Gasteiger partial charge in [0.15, 0.2) is 5.78 Å². The molecule has 4 fully saturated rings. The summed E-state index contributed by atoms with van der Waals surface area (Å²) in [7, 11) is 0. The van der Waals surface area contributed by atoms with Crippen molar-refractivity contribution in [1.82, 2.24) is 20.9 Å². The second kappa shape index (κ2) is 14.0. The molecule has 1 heterocycles. The van der Waals surface area contributed by atoms with E-state index in [0.717, 1.165) is 57.8 Å². The van der Waals surface area contributed by atoms with Gasteiger partial charge in [0.25, 0.3) is 5.91 Å². The van der Waals surface area contributed by atoms with Crippen LogP contribution < -0.4 is 21.7 Å². The smallest absolute Gasteiger partial charge is 0.316 e. The van der Waals surface area contributed by atoms with E-state index >= 15 is 0 Å². The van der Waals surface area contributed by atoms with Crippen LogP contribution in [0.5, 0.6) is 0 Å². The summed E-state index contributed by atoms with van der Waals surface area (Å²) < 4.78 is 0. The van der Waals surface area contributed by atoms with Gasteiger partial charge in [-0.25, -0.2) is 4.79 Å². The standard InChI is InChI=1S/C33H53N5O6/c1-18(2)22-16-24(30(42)35-23(15-19-11-12-19)27(40)29(34)41)38(17-22)31(43)28(33(3,4)5)37-32(44)36-25(26(39)21-13-14-21)20-9-7-6-8-10-20/h18-25,28H,6-17H2,1-5H3,(H2,34,41)(H,35,42)(H2,36,37,44)/t22-,23?,24+,25?,28-/m1/s1. The van der Waals surface area contributed by atoms with Gasteiger partial charge in [-0.05, 0) is 67.6 Å². The summed E-state index contributed by atoms with van der Waals surface area (Å²) in [6.45, 7) is 9.96. The van der Waals surface area contributed by atoms with Crippen LogP contribution in [0.4, 0.5) is 4.79 Å². The molecule has 4 rings (SSSR count). The third-order valence-corrected chi connectivity index (χ3v) is 10.1. The molecule has 0 aromatic heterocycles. The van der Waals surface area contributed by atoms with E-state index in [1.54, 1.807) is 0 Å². The predicted molar refractivity (Wildman–Crippen MR) is 165 cm³/mol. The van der Waals surface area contributed by atoms with Crippen molar-refractivity contribution in [3.05, 3.63) is 0 Å². The van der Waals surface area contributed by atoms with Gasteiger partial charge >= 0.3 is 6.03 Å². The molecule has 0 spiro atoms. The van der Waals surface area contributed by atoms with E-state index in [4.69, 9.17) is 5.73 Å². The van der Waals surface area contributed by atoms with Crippen LogP contribution in [0.1, 0.15) is 105 Å². The lowest BCUT2D eigenvalue weighted by Gasteiger charge is -2.36. The van der Waals surface area contributed by atoms with Crippen LogP contribution in [0, 0.1) is 35.0 Å². The van der Waals surface area contributed by atoms with Crippen molar-refractivity contribution in [3.8, 4) is 0 Å². The summed E-state index contributed by atoms with van der Waals surface area (Å²) in [5.74, 6) is -2.15. The lowest BCUT2D eigenvalue weighted by atomic mass is 9.81. The van der Waals surface area contributed by atoms with E-state index in [-0.39, 0.29) is 35.4 Å². The summed E-state index contributed by atoms with van der Waals surface area (Å²) in [6, 6.07) is -3.98. The minimum absolute atomic E-state index is 0.00398. The zero-order chi connectivity index (χ0) is 32.3. The van der Waals surface area contributed by atoms with Crippen LogP contribution in [0.15, 0.2) is 0 Å². The van der Waals surface area contributed by atoms with Crippen molar-refractivity contribution in [1.29, 1.82) is 0 Å². The number of carbonyl (C=O) groups is 6. The molecule has 0 aromatic rings. The minimum atomic E-state index is -1.09. The summed E-state index contributed by atoms with van der Waals surface area (Å²) in [4.78, 5) is 80.4. The first kappa shape index (κ1) is 33.9. The van der Waals surface area contributed by atoms with Gasteiger partial charge in [0.2, 0.25) is 17.6 Å². The fraction of sp³-hybridized carbons (Fsp3) is 0.818. The number of rotatable bonds is 13. The number of nitrogens with one attached hydrogen (secondary N) is 3.